The number of amides is 1. The van der Waals surface area contributed by atoms with Gasteiger partial charge < -0.3 is 31.1 Å². The summed E-state index contributed by atoms with van der Waals surface area (Å²) in [7, 11) is 4.06. The van der Waals surface area contributed by atoms with Gasteiger partial charge in [-0.15, -0.1) is 0 Å². The van der Waals surface area contributed by atoms with Crippen LogP contribution in [0.15, 0.2) is 59.7 Å². The van der Waals surface area contributed by atoms with Crippen molar-refractivity contribution in [1.82, 2.24) is 4.90 Å². The first-order chi connectivity index (χ1) is 19.4. The molecule has 0 aliphatic heterocycles. The van der Waals surface area contributed by atoms with Gasteiger partial charge in [0.1, 0.15) is 17.4 Å². The van der Waals surface area contributed by atoms with Crippen molar-refractivity contribution < 1.29 is 34.8 Å². The molecular formula is C32H34N2O7. The molecule has 7 atom stereocenters. The number of ketones is 2. The molecule has 0 saturated heterocycles. The van der Waals surface area contributed by atoms with E-state index in [1.807, 2.05) is 32.3 Å². The lowest BCUT2D eigenvalue weighted by Gasteiger charge is -2.48. The molecule has 4 unspecified atom stereocenters. The van der Waals surface area contributed by atoms with E-state index in [1.165, 1.54) is 11.6 Å². The second-order valence-corrected chi connectivity index (χ2v) is 12.1. The Kier molecular flexibility index (Phi) is 6.44. The number of phenolic OH excluding ortho intramolecular Hbond substituents is 1. The van der Waals surface area contributed by atoms with Gasteiger partial charge in [-0.25, -0.2) is 0 Å². The Morgan fingerprint density at radius 2 is 1.78 bits per heavy atom. The van der Waals surface area contributed by atoms with Crippen LogP contribution in [0.2, 0.25) is 0 Å². The first-order valence-electron chi connectivity index (χ1n) is 13.9. The van der Waals surface area contributed by atoms with Crippen LogP contribution in [-0.4, -0.2) is 75.1 Å². The average Bonchev–Trinajstić information content (AvgIpc) is 2.91. The van der Waals surface area contributed by atoms with Gasteiger partial charge in [0.25, 0.3) is 0 Å². The number of carbonyl (C=O) groups excluding carboxylic acids is 3. The second kappa shape index (κ2) is 9.65. The summed E-state index contributed by atoms with van der Waals surface area (Å²) < 4.78 is 0. The fraction of sp³-hybridized carbons (Fsp3) is 0.406. The molecule has 9 nitrogen and oxygen atoms in total. The molecule has 6 N–H and O–H groups in total. The number of fused-ring (bicyclic) bond motifs is 4. The molecule has 0 aromatic heterocycles. The number of nitrogens with zero attached hydrogens (tertiary/aromatic N) is 1. The predicted molar refractivity (Wildman–Crippen MR) is 151 cm³/mol. The van der Waals surface area contributed by atoms with Crippen molar-refractivity contribution in [3.8, 4) is 5.75 Å². The molecule has 41 heavy (non-hydrogen) atoms. The van der Waals surface area contributed by atoms with Crippen LogP contribution in [-0.2, 0) is 20.8 Å². The van der Waals surface area contributed by atoms with Gasteiger partial charge in [-0.3, -0.25) is 14.4 Å². The van der Waals surface area contributed by atoms with Gasteiger partial charge in [0, 0.05) is 29.9 Å². The lowest BCUT2D eigenvalue weighted by molar-refractivity contribution is -0.174. The van der Waals surface area contributed by atoms with Crippen LogP contribution < -0.4 is 5.73 Å². The predicted octanol–water partition coefficient (Wildman–Crippen LogP) is 1.83. The van der Waals surface area contributed by atoms with Crippen molar-refractivity contribution >= 4 is 28.8 Å². The number of aromatic hydroxyl groups is 1. The molecule has 1 aromatic carbocycles. The Bertz CT molecular complexity index is 1530. The summed E-state index contributed by atoms with van der Waals surface area (Å²) in [6.45, 7) is 0.805. The normalized spacial score (nSPS) is 34.0. The third-order valence-electron chi connectivity index (χ3n) is 9.48. The van der Waals surface area contributed by atoms with E-state index in [4.69, 9.17) is 5.73 Å². The number of allylic oxidation sites excluding steroid dienone is 7. The zero-order valence-electron chi connectivity index (χ0n) is 22.9. The highest BCUT2D eigenvalue weighted by Gasteiger charge is 2.64. The maximum atomic E-state index is 13.8. The summed E-state index contributed by atoms with van der Waals surface area (Å²) >= 11 is 0. The van der Waals surface area contributed by atoms with E-state index in [0.717, 1.165) is 17.7 Å². The van der Waals surface area contributed by atoms with E-state index in [9.17, 15) is 34.8 Å². The Labute approximate surface area is 237 Å². The van der Waals surface area contributed by atoms with Crippen LogP contribution in [0.4, 0.5) is 0 Å². The van der Waals surface area contributed by atoms with E-state index in [1.54, 1.807) is 0 Å². The minimum absolute atomic E-state index is 0.0380. The Morgan fingerprint density at radius 3 is 2.46 bits per heavy atom. The molecule has 214 valence electrons. The molecule has 1 amide bonds. The first-order valence-corrected chi connectivity index (χ1v) is 13.9. The molecule has 5 aliphatic carbocycles. The summed E-state index contributed by atoms with van der Waals surface area (Å²) in [5, 5.41) is 44.4. The highest BCUT2D eigenvalue weighted by atomic mass is 16.3. The minimum Gasteiger partial charge on any atom is -0.507 e. The summed E-state index contributed by atoms with van der Waals surface area (Å²) in [5.74, 6) is -6.99. The van der Waals surface area contributed by atoms with Crippen LogP contribution in [0, 0.1) is 29.6 Å². The summed E-state index contributed by atoms with van der Waals surface area (Å²) in [5.41, 5.74) is 6.53. The van der Waals surface area contributed by atoms with Crippen molar-refractivity contribution in [3.63, 3.8) is 0 Å². The van der Waals surface area contributed by atoms with Crippen molar-refractivity contribution in [2.24, 2.45) is 35.3 Å². The van der Waals surface area contributed by atoms with Gasteiger partial charge in [-0.05, 0) is 67.6 Å². The Balaban J connectivity index is 1.47. The Hall–Kier alpha value is -3.79. The molecule has 6 rings (SSSR count). The number of likely N-dealkylation sites (N-methyl/N-ethyl adjacent to an activating group) is 1. The lowest BCUT2D eigenvalue weighted by Crippen LogP contribution is -2.66. The van der Waals surface area contributed by atoms with Crippen molar-refractivity contribution in [3.05, 3.63) is 76.4 Å². The molecule has 0 spiro atoms. The fourth-order valence-corrected chi connectivity index (χ4v) is 7.67. The molecule has 2 fully saturated rings. The van der Waals surface area contributed by atoms with Gasteiger partial charge in [0.2, 0.25) is 11.7 Å². The molecule has 9 heteroatoms. The number of hydrogen-bond donors (Lipinski definition) is 5. The second-order valence-electron chi connectivity index (χ2n) is 12.1. The minimum atomic E-state index is -2.59. The SMILES string of the molecule is CN(C)CC1=CC=C(c2ccc(O)c3c2C[C@H]2C[C@H]4CC(O)C(C(N)=O)C(=O)[C@@]4(O)C(=O)C2=C3O)C2C=CC=CC12. The monoisotopic (exact) mass is 558 g/mol. The number of rotatable bonds is 4. The zero-order chi connectivity index (χ0) is 29.4. The number of aliphatic hydroxyl groups excluding tert-OH is 2. The molecule has 5 aliphatic rings. The maximum Gasteiger partial charge on any atom is 0.230 e. The van der Waals surface area contributed by atoms with E-state index in [0.29, 0.717) is 5.56 Å². The average molecular weight is 559 g/mol. The lowest BCUT2D eigenvalue weighted by atomic mass is 9.56. The van der Waals surface area contributed by atoms with Gasteiger partial charge in [0.05, 0.1) is 11.7 Å². The maximum absolute atomic E-state index is 13.8. The summed E-state index contributed by atoms with van der Waals surface area (Å²) in [4.78, 5) is 41.0. The highest BCUT2D eigenvalue weighted by molar-refractivity contribution is 6.24. The number of phenols is 1. The smallest absolute Gasteiger partial charge is 0.230 e. The standard InChI is InChI=1S/C32H34N2O7/c1-34(2)14-15-7-8-20(19-6-4-3-5-18(15)19)21-9-10-23(35)26-22(21)12-16-11-17-13-24(36)27(31(33)40)30(39)32(17,41)29(38)25(16)28(26)37/h3-10,16-19,24,27,35-37,41H,11-14H2,1-2H3,(H2,33,40)/t16-,17+,18?,19?,24?,27?,32+/m1/s1. The van der Waals surface area contributed by atoms with Crippen molar-refractivity contribution in [1.29, 1.82) is 0 Å². The molecule has 0 radical (unpaired) electrons. The molecule has 0 heterocycles. The topological polar surface area (TPSA) is 161 Å². The molecule has 1 aromatic rings. The van der Waals surface area contributed by atoms with Crippen LogP contribution in [0.1, 0.15) is 29.5 Å². The number of hydrogen-bond acceptors (Lipinski definition) is 8. The highest BCUT2D eigenvalue weighted by Crippen LogP contribution is 2.53. The molecule has 2 saturated carbocycles. The van der Waals surface area contributed by atoms with Crippen molar-refractivity contribution in [2.45, 2.75) is 31.0 Å². The van der Waals surface area contributed by atoms with Crippen LogP contribution >= 0.6 is 0 Å². The van der Waals surface area contributed by atoms with Crippen LogP contribution in [0.25, 0.3) is 11.3 Å². The first kappa shape index (κ1) is 27.4. The van der Waals surface area contributed by atoms with E-state index in [2.05, 4.69) is 29.2 Å². The van der Waals surface area contributed by atoms with Crippen LogP contribution in [0.3, 0.4) is 0 Å². The van der Waals surface area contributed by atoms with Gasteiger partial charge in [-0.1, -0.05) is 42.5 Å². The van der Waals surface area contributed by atoms with Gasteiger partial charge in [-0.2, -0.15) is 0 Å². The largest absolute Gasteiger partial charge is 0.507 e. The summed E-state index contributed by atoms with van der Waals surface area (Å²) in [6.07, 6.45) is 11.4. The molecular weight excluding hydrogens is 524 g/mol. The number of benzene rings is 1. The number of carbonyl (C=O) groups is 3. The van der Waals surface area contributed by atoms with Gasteiger partial charge >= 0.3 is 0 Å². The quantitative estimate of drug-likeness (QED) is 0.350. The number of Topliss-reactive ketones (excluding diaryl/α,β-unsaturated/α-hetero) is 2. The molecule has 0 bridgehead atoms. The zero-order valence-corrected chi connectivity index (χ0v) is 22.9. The van der Waals surface area contributed by atoms with E-state index < -0.39 is 52.7 Å². The van der Waals surface area contributed by atoms with Crippen LogP contribution in [0.5, 0.6) is 5.75 Å². The fourth-order valence-electron chi connectivity index (χ4n) is 7.67. The third-order valence-corrected chi connectivity index (χ3v) is 9.48. The number of aliphatic hydroxyl groups is 3. The van der Waals surface area contributed by atoms with Gasteiger partial charge in [0.15, 0.2) is 11.4 Å². The number of nitrogens with two attached hydrogens (primary N) is 1. The van der Waals surface area contributed by atoms with Crippen molar-refractivity contribution in [2.75, 3.05) is 20.6 Å². The summed E-state index contributed by atoms with van der Waals surface area (Å²) in [6, 6.07) is 3.32. The van der Waals surface area contributed by atoms with E-state index in [-0.39, 0.29) is 48.0 Å². The van der Waals surface area contributed by atoms with E-state index >= 15 is 0 Å². The Morgan fingerprint density at radius 1 is 1.07 bits per heavy atom. The third kappa shape index (κ3) is 3.98. The number of primary amides is 1.